The number of carbonyl (C=O) groups excluding carboxylic acids is 1. The maximum atomic E-state index is 12.0. The van der Waals surface area contributed by atoms with Gasteiger partial charge in [0.15, 0.2) is 0 Å². The number of anilines is 1. The molecule has 1 amide bonds. The zero-order valence-corrected chi connectivity index (χ0v) is 12.2. The highest BCUT2D eigenvalue weighted by atomic mass is 16.5. The molecule has 1 aromatic carbocycles. The fourth-order valence-corrected chi connectivity index (χ4v) is 2.30. The third-order valence-electron chi connectivity index (χ3n) is 3.66. The van der Waals surface area contributed by atoms with E-state index in [2.05, 4.69) is 15.6 Å². The number of methoxy groups -OCH3 is 1. The van der Waals surface area contributed by atoms with Gasteiger partial charge in [0.05, 0.1) is 7.11 Å². The molecule has 0 radical (unpaired) electrons. The molecular formula is C16H19N3O2. The summed E-state index contributed by atoms with van der Waals surface area (Å²) in [6.45, 7) is 1.85. The van der Waals surface area contributed by atoms with Crippen LogP contribution in [0.2, 0.25) is 0 Å². The molecule has 1 aliphatic rings. The summed E-state index contributed by atoms with van der Waals surface area (Å²) in [5.74, 6) is 1.51. The molecule has 1 aromatic heterocycles. The highest BCUT2D eigenvalue weighted by Crippen LogP contribution is 2.29. The van der Waals surface area contributed by atoms with Crippen LogP contribution in [0.3, 0.4) is 0 Å². The van der Waals surface area contributed by atoms with Gasteiger partial charge >= 0.3 is 0 Å². The minimum absolute atomic E-state index is 0.0131. The Balaban J connectivity index is 1.84. The third kappa shape index (κ3) is 2.91. The van der Waals surface area contributed by atoms with E-state index < -0.39 is 0 Å². The monoisotopic (exact) mass is 285 g/mol. The van der Waals surface area contributed by atoms with Gasteiger partial charge in [-0.1, -0.05) is 12.1 Å². The Morgan fingerprint density at radius 1 is 1.33 bits per heavy atom. The number of aromatic nitrogens is 1. The Bertz CT molecular complexity index is 668. The number of hydrogen-bond acceptors (Lipinski definition) is 4. The number of hydrogen-bond donors (Lipinski definition) is 2. The lowest BCUT2D eigenvalue weighted by Gasteiger charge is -2.16. The Morgan fingerprint density at radius 2 is 2.14 bits per heavy atom. The van der Waals surface area contributed by atoms with Crippen LogP contribution >= 0.6 is 0 Å². The van der Waals surface area contributed by atoms with Crippen LogP contribution in [0, 0.1) is 0 Å². The van der Waals surface area contributed by atoms with Gasteiger partial charge in [-0.05, 0) is 31.9 Å². The van der Waals surface area contributed by atoms with Gasteiger partial charge in [0.25, 0.3) is 0 Å². The third-order valence-corrected chi connectivity index (χ3v) is 3.66. The summed E-state index contributed by atoms with van der Waals surface area (Å²) in [4.78, 5) is 16.4. The molecule has 0 spiro atoms. The molecule has 2 N–H and O–H groups in total. The van der Waals surface area contributed by atoms with Crippen LogP contribution in [0.4, 0.5) is 5.82 Å². The van der Waals surface area contributed by atoms with Crippen LogP contribution in [0.25, 0.3) is 10.8 Å². The number of ether oxygens (including phenoxy) is 1. The summed E-state index contributed by atoms with van der Waals surface area (Å²) in [7, 11) is 1.65. The molecule has 1 aliphatic carbocycles. The van der Waals surface area contributed by atoms with Crippen molar-refractivity contribution < 1.29 is 9.53 Å². The number of amides is 1. The Hall–Kier alpha value is -2.30. The second-order valence-electron chi connectivity index (χ2n) is 5.36. The lowest BCUT2D eigenvalue weighted by Crippen LogP contribution is -2.38. The van der Waals surface area contributed by atoms with Gasteiger partial charge in [-0.15, -0.1) is 0 Å². The van der Waals surface area contributed by atoms with Crippen molar-refractivity contribution >= 4 is 22.5 Å². The number of nitrogens with zero attached hydrogens (tertiary/aromatic N) is 1. The van der Waals surface area contributed by atoms with Crippen LogP contribution in [-0.4, -0.2) is 30.1 Å². The molecule has 0 aliphatic heterocycles. The van der Waals surface area contributed by atoms with E-state index in [-0.39, 0.29) is 11.9 Å². The van der Waals surface area contributed by atoms with Crippen molar-refractivity contribution in [2.45, 2.75) is 31.8 Å². The van der Waals surface area contributed by atoms with E-state index in [0.717, 1.165) is 29.4 Å². The van der Waals surface area contributed by atoms with Gasteiger partial charge in [-0.3, -0.25) is 4.79 Å². The van der Waals surface area contributed by atoms with Crippen molar-refractivity contribution in [3.05, 3.63) is 30.5 Å². The highest BCUT2D eigenvalue weighted by molar-refractivity contribution is 5.97. The van der Waals surface area contributed by atoms with E-state index in [0.29, 0.717) is 11.9 Å². The molecule has 5 heteroatoms. The predicted octanol–water partition coefficient (Wildman–Crippen LogP) is 2.32. The smallest absolute Gasteiger partial charge is 0.242 e. The molecule has 110 valence electrons. The molecule has 0 bridgehead atoms. The molecule has 3 rings (SSSR count). The van der Waals surface area contributed by atoms with E-state index in [1.807, 2.05) is 31.2 Å². The first-order valence-electron chi connectivity index (χ1n) is 7.17. The maximum Gasteiger partial charge on any atom is 0.242 e. The number of fused-ring (bicyclic) bond motifs is 1. The lowest BCUT2D eigenvalue weighted by atomic mass is 10.1. The number of benzene rings is 1. The maximum absolute atomic E-state index is 12.0. The summed E-state index contributed by atoms with van der Waals surface area (Å²) in [6, 6.07) is 7.75. The molecule has 0 saturated heterocycles. The summed E-state index contributed by atoms with van der Waals surface area (Å²) < 4.78 is 5.36. The first-order valence-corrected chi connectivity index (χ1v) is 7.17. The average Bonchev–Trinajstić information content (AvgIpc) is 3.30. The average molecular weight is 285 g/mol. The molecule has 2 aromatic rings. The summed E-state index contributed by atoms with van der Waals surface area (Å²) in [6.07, 6.45) is 3.89. The molecule has 5 nitrogen and oxygen atoms in total. The summed E-state index contributed by atoms with van der Waals surface area (Å²) >= 11 is 0. The van der Waals surface area contributed by atoms with Crippen molar-refractivity contribution in [2.75, 3.05) is 12.4 Å². The zero-order chi connectivity index (χ0) is 14.8. The molecular weight excluding hydrogens is 266 g/mol. The molecule has 1 heterocycles. The van der Waals surface area contributed by atoms with Gasteiger partial charge in [0.2, 0.25) is 5.91 Å². The van der Waals surface area contributed by atoms with Crippen LogP contribution in [0.5, 0.6) is 5.75 Å². The first kappa shape index (κ1) is 13.7. The van der Waals surface area contributed by atoms with Crippen LogP contribution in [0.1, 0.15) is 19.8 Å². The first-order chi connectivity index (χ1) is 10.2. The van der Waals surface area contributed by atoms with E-state index in [1.165, 1.54) is 0 Å². The van der Waals surface area contributed by atoms with Crippen LogP contribution in [-0.2, 0) is 4.79 Å². The summed E-state index contributed by atoms with van der Waals surface area (Å²) in [5.41, 5.74) is 0. The second-order valence-corrected chi connectivity index (χ2v) is 5.36. The van der Waals surface area contributed by atoms with E-state index in [4.69, 9.17) is 4.74 Å². The van der Waals surface area contributed by atoms with Gasteiger partial charge in [0.1, 0.15) is 17.6 Å². The van der Waals surface area contributed by atoms with Crippen LogP contribution in [0.15, 0.2) is 30.5 Å². The van der Waals surface area contributed by atoms with Crippen molar-refractivity contribution in [3.8, 4) is 5.75 Å². The van der Waals surface area contributed by atoms with Crippen LogP contribution < -0.4 is 15.4 Å². The standard InChI is InChI=1S/C16H19N3O2/c1-10(16(20)19-11-6-7-11)18-15-13-4-3-5-14(21-2)12(13)8-9-17-15/h3-5,8-11H,6-7H2,1-2H3,(H,17,18)(H,19,20). The Kier molecular flexibility index (Phi) is 3.64. The molecule has 1 saturated carbocycles. The Morgan fingerprint density at radius 3 is 2.86 bits per heavy atom. The van der Waals surface area contributed by atoms with Crippen molar-refractivity contribution in [1.82, 2.24) is 10.3 Å². The van der Waals surface area contributed by atoms with Crippen molar-refractivity contribution in [1.29, 1.82) is 0 Å². The quantitative estimate of drug-likeness (QED) is 0.885. The zero-order valence-electron chi connectivity index (χ0n) is 12.2. The van der Waals surface area contributed by atoms with E-state index in [1.54, 1.807) is 13.3 Å². The SMILES string of the molecule is COc1cccc2c(NC(C)C(=O)NC3CC3)nccc12. The second kappa shape index (κ2) is 5.60. The van der Waals surface area contributed by atoms with E-state index >= 15 is 0 Å². The normalized spacial score (nSPS) is 15.5. The van der Waals surface area contributed by atoms with Gasteiger partial charge in [0, 0.05) is 23.0 Å². The largest absolute Gasteiger partial charge is 0.496 e. The number of nitrogens with one attached hydrogen (secondary N) is 2. The molecule has 21 heavy (non-hydrogen) atoms. The fourth-order valence-electron chi connectivity index (χ4n) is 2.30. The van der Waals surface area contributed by atoms with Gasteiger partial charge < -0.3 is 15.4 Å². The van der Waals surface area contributed by atoms with E-state index in [9.17, 15) is 4.79 Å². The number of pyridine rings is 1. The van der Waals surface area contributed by atoms with Crippen molar-refractivity contribution in [2.24, 2.45) is 0 Å². The number of carbonyl (C=O) groups is 1. The lowest BCUT2D eigenvalue weighted by molar-refractivity contribution is -0.121. The molecule has 1 unspecified atom stereocenters. The molecule has 1 fully saturated rings. The highest BCUT2D eigenvalue weighted by Gasteiger charge is 2.25. The number of rotatable bonds is 5. The minimum Gasteiger partial charge on any atom is -0.496 e. The van der Waals surface area contributed by atoms with Gasteiger partial charge in [-0.2, -0.15) is 0 Å². The fraction of sp³-hybridized carbons (Fsp3) is 0.375. The minimum atomic E-state index is -0.324. The van der Waals surface area contributed by atoms with Gasteiger partial charge in [-0.25, -0.2) is 4.98 Å². The van der Waals surface area contributed by atoms with Crippen molar-refractivity contribution in [3.63, 3.8) is 0 Å². The predicted molar refractivity (Wildman–Crippen MR) is 82.5 cm³/mol. The summed E-state index contributed by atoms with van der Waals surface area (Å²) in [5, 5.41) is 8.11. The Labute approximate surface area is 123 Å². The molecule has 1 atom stereocenters. The topological polar surface area (TPSA) is 63.2 Å².